The molecule has 6 heteroatoms. The number of rotatable bonds is 8. The Morgan fingerprint density at radius 2 is 1.31 bits per heavy atom. The lowest BCUT2D eigenvalue weighted by molar-refractivity contribution is -0.137. The Morgan fingerprint density at radius 3 is 1.97 bits per heavy atom. The summed E-state index contributed by atoms with van der Waals surface area (Å²) in [6, 6.07) is 28.5. The Kier molecular flexibility index (Phi) is 7.12. The number of hydrogen-bond donors (Lipinski definition) is 1. The van der Waals surface area contributed by atoms with E-state index in [1.807, 2.05) is 48.5 Å². The van der Waals surface area contributed by atoms with Crippen molar-refractivity contribution >= 4 is 0 Å². The molecule has 0 radical (unpaired) electrons. The summed E-state index contributed by atoms with van der Waals surface area (Å²) in [6.45, 7) is 2.12. The van der Waals surface area contributed by atoms with Gasteiger partial charge in [-0.3, -0.25) is 0 Å². The minimum absolute atomic E-state index is 0.183. The molecule has 1 unspecified atom stereocenters. The Hall–Kier alpha value is -3.77. The molecule has 1 atom stereocenters. The highest BCUT2D eigenvalue weighted by molar-refractivity contribution is 5.45. The van der Waals surface area contributed by atoms with Crippen molar-refractivity contribution in [3.63, 3.8) is 0 Å². The van der Waals surface area contributed by atoms with E-state index in [9.17, 15) is 18.3 Å². The lowest BCUT2D eigenvalue weighted by Gasteiger charge is -2.29. The molecule has 0 aliphatic heterocycles. The highest BCUT2D eigenvalue weighted by atomic mass is 19.4. The Morgan fingerprint density at radius 1 is 0.686 bits per heavy atom. The summed E-state index contributed by atoms with van der Waals surface area (Å²) in [7, 11) is 0. The van der Waals surface area contributed by atoms with Crippen molar-refractivity contribution in [2.45, 2.75) is 31.7 Å². The predicted octanol–water partition coefficient (Wildman–Crippen LogP) is 7.72. The smallest absolute Gasteiger partial charge is 0.416 e. The first-order valence-corrected chi connectivity index (χ1v) is 11.2. The van der Waals surface area contributed by atoms with Gasteiger partial charge in [-0.15, -0.1) is 0 Å². The number of aliphatic hydroxyl groups is 1. The third-order valence-corrected chi connectivity index (χ3v) is 5.83. The van der Waals surface area contributed by atoms with Gasteiger partial charge in [0.05, 0.1) is 5.56 Å². The second-order valence-corrected chi connectivity index (χ2v) is 8.14. The van der Waals surface area contributed by atoms with Gasteiger partial charge in [0, 0.05) is 0 Å². The van der Waals surface area contributed by atoms with Gasteiger partial charge >= 0.3 is 6.18 Å². The topological polar surface area (TPSA) is 38.7 Å². The molecule has 0 amide bonds. The zero-order valence-electron chi connectivity index (χ0n) is 19.1. The van der Waals surface area contributed by atoms with Crippen LogP contribution in [0.4, 0.5) is 13.2 Å². The van der Waals surface area contributed by atoms with Crippen molar-refractivity contribution in [1.82, 2.24) is 0 Å². The maximum atomic E-state index is 13.2. The van der Waals surface area contributed by atoms with Crippen LogP contribution < -0.4 is 9.47 Å². The lowest BCUT2D eigenvalue weighted by Crippen LogP contribution is -2.26. The van der Waals surface area contributed by atoms with E-state index in [1.165, 1.54) is 12.1 Å². The third-order valence-electron chi connectivity index (χ3n) is 5.83. The molecule has 0 spiro atoms. The minimum atomic E-state index is -4.49. The van der Waals surface area contributed by atoms with Crippen LogP contribution in [0.25, 0.3) is 0 Å². The maximum absolute atomic E-state index is 13.2. The molecule has 0 bridgehead atoms. The van der Waals surface area contributed by atoms with Gasteiger partial charge in [-0.25, -0.2) is 0 Å². The van der Waals surface area contributed by atoms with Crippen molar-refractivity contribution in [2.75, 3.05) is 0 Å². The summed E-state index contributed by atoms with van der Waals surface area (Å²) in [6.07, 6.45) is -4.29. The molecule has 0 saturated heterocycles. The van der Waals surface area contributed by atoms with Crippen molar-refractivity contribution < 1.29 is 27.8 Å². The summed E-state index contributed by atoms with van der Waals surface area (Å²) in [5.74, 6) is 1.61. The fraction of sp³-hybridized carbons (Fsp3) is 0.172. The van der Waals surface area contributed by atoms with Crippen LogP contribution in [0, 0.1) is 0 Å². The van der Waals surface area contributed by atoms with Crippen LogP contribution in [-0.2, 0) is 18.4 Å². The summed E-state index contributed by atoms with van der Waals surface area (Å²) in [4.78, 5) is 0. The van der Waals surface area contributed by atoms with E-state index in [-0.39, 0.29) is 12.0 Å². The molecule has 0 fully saturated rings. The summed E-state index contributed by atoms with van der Waals surface area (Å²) < 4.78 is 51.5. The van der Waals surface area contributed by atoms with E-state index in [1.54, 1.807) is 37.3 Å². The highest BCUT2D eigenvalue weighted by Crippen LogP contribution is 2.38. The zero-order valence-corrected chi connectivity index (χ0v) is 19.1. The van der Waals surface area contributed by atoms with Crippen molar-refractivity contribution in [3.8, 4) is 17.2 Å². The monoisotopic (exact) mass is 478 g/mol. The van der Waals surface area contributed by atoms with Gasteiger partial charge < -0.3 is 14.6 Å². The van der Waals surface area contributed by atoms with Crippen LogP contribution in [0.15, 0.2) is 103 Å². The van der Waals surface area contributed by atoms with E-state index in [4.69, 9.17) is 9.47 Å². The van der Waals surface area contributed by atoms with Crippen LogP contribution >= 0.6 is 0 Å². The summed E-state index contributed by atoms with van der Waals surface area (Å²) >= 11 is 0. The number of ether oxygens (including phenoxy) is 2. The molecule has 4 aromatic carbocycles. The van der Waals surface area contributed by atoms with Crippen molar-refractivity contribution in [3.05, 3.63) is 125 Å². The summed E-state index contributed by atoms with van der Waals surface area (Å²) in [5.41, 5.74) is -0.686. The molecule has 0 aromatic heterocycles. The number of alkyl halides is 3. The van der Waals surface area contributed by atoms with E-state index in [0.717, 1.165) is 17.7 Å². The number of benzene rings is 4. The summed E-state index contributed by atoms with van der Waals surface area (Å²) in [5, 5.41) is 11.3. The SMILES string of the molecule is CCC(O)(c1ccc(Oc2ccccc2OCc2ccccc2)cc1)c1cccc(C(F)(F)F)c1. The van der Waals surface area contributed by atoms with E-state index >= 15 is 0 Å². The Bertz CT molecular complexity index is 1250. The molecule has 4 aromatic rings. The van der Waals surface area contributed by atoms with Crippen LogP contribution in [-0.4, -0.2) is 5.11 Å². The van der Waals surface area contributed by atoms with E-state index in [2.05, 4.69) is 0 Å². The van der Waals surface area contributed by atoms with Gasteiger partial charge in [-0.2, -0.15) is 13.2 Å². The molecule has 0 aliphatic carbocycles. The van der Waals surface area contributed by atoms with Crippen molar-refractivity contribution in [1.29, 1.82) is 0 Å². The second kappa shape index (κ2) is 10.2. The number of halogens is 3. The van der Waals surface area contributed by atoms with Crippen LogP contribution in [0.1, 0.15) is 35.6 Å². The minimum Gasteiger partial charge on any atom is -0.485 e. The standard InChI is InChI=1S/C29H25F3O3/c1-2-28(33,23-11-8-12-24(19-23)29(30,31)32)22-15-17-25(18-16-22)35-27-14-7-6-13-26(27)34-20-21-9-4-3-5-10-21/h3-19,33H,2,20H2,1H3. The van der Waals surface area contributed by atoms with Gasteiger partial charge in [0.1, 0.15) is 18.0 Å². The van der Waals surface area contributed by atoms with Gasteiger partial charge in [0.2, 0.25) is 0 Å². The van der Waals surface area contributed by atoms with Gasteiger partial charge in [0.15, 0.2) is 11.5 Å². The molecule has 1 N–H and O–H groups in total. The first kappa shape index (κ1) is 24.4. The molecule has 0 heterocycles. The first-order chi connectivity index (χ1) is 16.8. The molecule has 0 aliphatic rings. The molecular formula is C29H25F3O3. The fourth-order valence-corrected chi connectivity index (χ4v) is 3.84. The average molecular weight is 479 g/mol. The lowest BCUT2D eigenvalue weighted by atomic mass is 9.83. The highest BCUT2D eigenvalue weighted by Gasteiger charge is 2.35. The second-order valence-electron chi connectivity index (χ2n) is 8.14. The normalized spacial score (nSPS) is 13.2. The fourth-order valence-electron chi connectivity index (χ4n) is 3.84. The molecule has 3 nitrogen and oxygen atoms in total. The van der Waals surface area contributed by atoms with Crippen LogP contribution in [0.5, 0.6) is 17.2 Å². The van der Waals surface area contributed by atoms with Gasteiger partial charge in [0.25, 0.3) is 0 Å². The molecule has 180 valence electrons. The van der Waals surface area contributed by atoms with E-state index in [0.29, 0.717) is 29.4 Å². The van der Waals surface area contributed by atoms with Crippen molar-refractivity contribution in [2.24, 2.45) is 0 Å². The van der Waals surface area contributed by atoms with E-state index < -0.39 is 17.3 Å². The first-order valence-electron chi connectivity index (χ1n) is 11.2. The predicted molar refractivity (Wildman–Crippen MR) is 128 cm³/mol. The molecule has 4 rings (SSSR count). The quantitative estimate of drug-likeness (QED) is 0.282. The van der Waals surface area contributed by atoms with Crippen LogP contribution in [0.2, 0.25) is 0 Å². The number of hydrogen-bond acceptors (Lipinski definition) is 3. The molecule has 0 saturated carbocycles. The Labute approximate surface area is 202 Å². The Balaban J connectivity index is 1.53. The maximum Gasteiger partial charge on any atom is 0.416 e. The third kappa shape index (κ3) is 5.66. The molecular weight excluding hydrogens is 453 g/mol. The number of para-hydroxylation sites is 2. The van der Waals surface area contributed by atoms with Crippen LogP contribution in [0.3, 0.4) is 0 Å². The average Bonchev–Trinajstić information content (AvgIpc) is 2.88. The van der Waals surface area contributed by atoms with Gasteiger partial charge in [-0.1, -0.05) is 73.7 Å². The zero-order chi connectivity index (χ0) is 24.9. The largest absolute Gasteiger partial charge is 0.485 e. The van der Waals surface area contributed by atoms with Gasteiger partial charge in [-0.05, 0) is 59.5 Å². The molecule has 35 heavy (non-hydrogen) atoms.